The summed E-state index contributed by atoms with van der Waals surface area (Å²) in [6.45, 7) is 16.7. The highest BCUT2D eigenvalue weighted by atomic mass is 16.4. The van der Waals surface area contributed by atoms with Crippen molar-refractivity contribution in [2.45, 2.75) is 59.0 Å². The molecule has 0 radical (unpaired) electrons. The summed E-state index contributed by atoms with van der Waals surface area (Å²) in [5, 5.41) is 4.56. The summed E-state index contributed by atoms with van der Waals surface area (Å²) >= 11 is 0. The summed E-state index contributed by atoms with van der Waals surface area (Å²) < 4.78 is 7.42. The molecule has 1 saturated heterocycles. The Hall–Kier alpha value is -1.99. The van der Waals surface area contributed by atoms with E-state index in [2.05, 4.69) is 54.5 Å². The third-order valence-electron chi connectivity index (χ3n) is 5.23. The number of rotatable bonds is 6. The molecule has 0 amide bonds. The fourth-order valence-corrected chi connectivity index (χ4v) is 3.27. The molecule has 154 valence electrons. The van der Waals surface area contributed by atoms with Crippen LogP contribution in [0.4, 0.5) is 0 Å². The number of hydrogen-bond acceptors (Lipinski definition) is 6. The first-order valence-electron chi connectivity index (χ1n) is 10.2. The molecule has 0 aliphatic carbocycles. The normalized spacial score (nSPS) is 16.8. The molecule has 2 aromatic heterocycles. The second-order valence-electron chi connectivity index (χ2n) is 8.96. The van der Waals surface area contributed by atoms with Crippen LogP contribution in [0.5, 0.6) is 0 Å². The van der Waals surface area contributed by atoms with Crippen LogP contribution in [0.2, 0.25) is 0 Å². The van der Waals surface area contributed by atoms with Gasteiger partial charge in [-0.15, -0.1) is 0 Å². The molecule has 0 atom stereocenters. The minimum absolute atomic E-state index is 0.0310. The van der Waals surface area contributed by atoms with E-state index in [1.807, 2.05) is 12.3 Å². The van der Waals surface area contributed by atoms with Crippen molar-refractivity contribution >= 4 is 0 Å². The summed E-state index contributed by atoms with van der Waals surface area (Å²) in [6, 6.07) is 3.47. The lowest BCUT2D eigenvalue weighted by Gasteiger charge is -2.34. The van der Waals surface area contributed by atoms with Crippen LogP contribution in [0.15, 0.2) is 27.5 Å². The Balaban J connectivity index is 1.49. The average molecular weight is 388 g/mol. The predicted octanol–water partition coefficient (Wildman–Crippen LogP) is 2.47. The zero-order valence-electron chi connectivity index (χ0n) is 17.8. The number of hydrogen-bond donors (Lipinski definition) is 0. The Kier molecular flexibility index (Phi) is 6.35. The van der Waals surface area contributed by atoms with Crippen LogP contribution >= 0.6 is 0 Å². The smallest absolute Gasteiger partial charge is 0.266 e. The quantitative estimate of drug-likeness (QED) is 0.759. The lowest BCUT2D eigenvalue weighted by atomic mass is 9.92. The second kappa shape index (κ2) is 8.57. The van der Waals surface area contributed by atoms with Crippen LogP contribution in [0.25, 0.3) is 0 Å². The van der Waals surface area contributed by atoms with Crippen LogP contribution in [-0.2, 0) is 18.5 Å². The molecule has 0 aromatic carbocycles. The van der Waals surface area contributed by atoms with Crippen molar-refractivity contribution in [3.05, 3.63) is 46.0 Å². The van der Waals surface area contributed by atoms with Crippen molar-refractivity contribution in [1.82, 2.24) is 24.6 Å². The molecule has 3 heterocycles. The van der Waals surface area contributed by atoms with E-state index >= 15 is 0 Å². The van der Waals surface area contributed by atoms with Gasteiger partial charge in [-0.05, 0) is 6.07 Å². The molecule has 28 heavy (non-hydrogen) atoms. The largest absolute Gasteiger partial charge is 0.444 e. The van der Waals surface area contributed by atoms with Crippen LogP contribution in [-0.4, -0.2) is 57.3 Å². The number of piperazine rings is 1. The molecular weight excluding hydrogens is 354 g/mol. The number of aromatic nitrogens is 3. The van der Waals surface area contributed by atoms with E-state index in [-0.39, 0.29) is 11.0 Å². The molecule has 1 aliphatic rings. The molecule has 7 nitrogen and oxygen atoms in total. The first-order chi connectivity index (χ1) is 13.2. The Morgan fingerprint density at radius 1 is 1.07 bits per heavy atom. The molecule has 0 bridgehead atoms. The van der Waals surface area contributed by atoms with Crippen molar-refractivity contribution in [2.24, 2.45) is 0 Å². The summed E-state index contributed by atoms with van der Waals surface area (Å²) in [6.07, 6.45) is 1.84. The zero-order chi connectivity index (χ0) is 20.3. The minimum Gasteiger partial charge on any atom is -0.444 e. The van der Waals surface area contributed by atoms with E-state index in [1.165, 1.54) is 0 Å². The summed E-state index contributed by atoms with van der Waals surface area (Å²) in [4.78, 5) is 21.3. The van der Waals surface area contributed by atoms with Crippen molar-refractivity contribution in [1.29, 1.82) is 0 Å². The van der Waals surface area contributed by atoms with Gasteiger partial charge < -0.3 is 4.42 Å². The maximum absolute atomic E-state index is 12.1. The van der Waals surface area contributed by atoms with Gasteiger partial charge >= 0.3 is 0 Å². The van der Waals surface area contributed by atoms with Gasteiger partial charge in [-0.2, -0.15) is 5.10 Å². The van der Waals surface area contributed by atoms with Gasteiger partial charge in [0, 0.05) is 50.1 Å². The van der Waals surface area contributed by atoms with Gasteiger partial charge in [-0.25, -0.2) is 9.67 Å². The number of oxazole rings is 1. The molecule has 1 fully saturated rings. The molecule has 0 saturated carbocycles. The first-order valence-corrected chi connectivity index (χ1v) is 10.2. The zero-order valence-corrected chi connectivity index (χ0v) is 17.8. The van der Waals surface area contributed by atoms with Crippen molar-refractivity contribution in [2.75, 3.05) is 32.7 Å². The fraction of sp³-hybridized carbons (Fsp3) is 0.667. The Morgan fingerprint density at radius 2 is 1.75 bits per heavy atom. The van der Waals surface area contributed by atoms with E-state index in [4.69, 9.17) is 4.42 Å². The Morgan fingerprint density at radius 3 is 2.36 bits per heavy atom. The van der Waals surface area contributed by atoms with Gasteiger partial charge in [0.1, 0.15) is 5.76 Å². The monoisotopic (exact) mass is 387 g/mol. The molecule has 3 rings (SSSR count). The van der Waals surface area contributed by atoms with E-state index in [1.54, 1.807) is 10.7 Å². The van der Waals surface area contributed by atoms with Crippen LogP contribution in [0, 0.1) is 0 Å². The summed E-state index contributed by atoms with van der Waals surface area (Å²) in [5.41, 5.74) is 0.858. The SMILES string of the molecule is CC(C)c1cnc(CN2CCN(CCn3nc(C(C)(C)C)ccc3=O)CC2)o1. The first kappa shape index (κ1) is 20.7. The van der Waals surface area contributed by atoms with Gasteiger partial charge in [0.2, 0.25) is 5.89 Å². The molecule has 0 N–H and O–H groups in total. The van der Waals surface area contributed by atoms with Crippen molar-refractivity contribution < 1.29 is 4.42 Å². The highest BCUT2D eigenvalue weighted by molar-refractivity contribution is 5.10. The molecule has 1 aliphatic heterocycles. The van der Waals surface area contributed by atoms with Gasteiger partial charge in [0.05, 0.1) is 25.0 Å². The van der Waals surface area contributed by atoms with Crippen LogP contribution in [0.3, 0.4) is 0 Å². The Labute approximate surface area is 167 Å². The highest BCUT2D eigenvalue weighted by Gasteiger charge is 2.20. The van der Waals surface area contributed by atoms with Crippen molar-refractivity contribution in [3.8, 4) is 0 Å². The lowest BCUT2D eigenvalue weighted by Crippen LogP contribution is -2.47. The standard InChI is InChI=1S/C21H33N5O2/c1-16(2)17-14-22-19(28-17)15-25-10-8-24(9-11-25)12-13-26-20(27)7-6-18(23-26)21(3,4)5/h6-7,14,16H,8-13,15H2,1-5H3. The Bertz CT molecular complexity index is 826. The van der Waals surface area contributed by atoms with E-state index in [0.717, 1.165) is 56.6 Å². The maximum Gasteiger partial charge on any atom is 0.266 e. The third kappa shape index (κ3) is 5.29. The van der Waals surface area contributed by atoms with E-state index < -0.39 is 0 Å². The molecule has 0 unspecified atom stereocenters. The van der Waals surface area contributed by atoms with Crippen LogP contribution in [0.1, 0.15) is 57.9 Å². The summed E-state index contributed by atoms with van der Waals surface area (Å²) in [5.74, 6) is 2.11. The predicted molar refractivity (Wildman–Crippen MR) is 110 cm³/mol. The maximum atomic E-state index is 12.1. The van der Waals surface area contributed by atoms with E-state index in [0.29, 0.717) is 12.5 Å². The van der Waals surface area contributed by atoms with Gasteiger partial charge in [0.15, 0.2) is 0 Å². The van der Waals surface area contributed by atoms with Gasteiger partial charge in [0.25, 0.3) is 5.56 Å². The second-order valence-corrected chi connectivity index (χ2v) is 8.96. The highest BCUT2D eigenvalue weighted by Crippen LogP contribution is 2.18. The average Bonchev–Trinajstić information content (AvgIpc) is 3.10. The van der Waals surface area contributed by atoms with Gasteiger partial charge in [-0.3, -0.25) is 14.6 Å². The topological polar surface area (TPSA) is 67.4 Å². The molecule has 7 heteroatoms. The number of nitrogens with zero attached hydrogens (tertiary/aromatic N) is 5. The molecule has 2 aromatic rings. The molecule has 0 spiro atoms. The van der Waals surface area contributed by atoms with E-state index in [9.17, 15) is 4.79 Å². The lowest BCUT2D eigenvalue weighted by molar-refractivity contribution is 0.114. The third-order valence-corrected chi connectivity index (χ3v) is 5.23. The summed E-state index contributed by atoms with van der Waals surface area (Å²) in [7, 11) is 0. The van der Waals surface area contributed by atoms with Gasteiger partial charge in [-0.1, -0.05) is 34.6 Å². The molecular formula is C21H33N5O2. The fourth-order valence-electron chi connectivity index (χ4n) is 3.27. The van der Waals surface area contributed by atoms with Crippen LogP contribution < -0.4 is 5.56 Å². The minimum atomic E-state index is -0.0591. The van der Waals surface area contributed by atoms with Crippen molar-refractivity contribution in [3.63, 3.8) is 0 Å².